The summed E-state index contributed by atoms with van der Waals surface area (Å²) in [6.45, 7) is 1.05. The Labute approximate surface area is 154 Å². The molecule has 0 saturated heterocycles. The smallest absolute Gasteiger partial charge is 0.256 e. The van der Waals surface area contributed by atoms with Gasteiger partial charge >= 0.3 is 0 Å². The van der Waals surface area contributed by atoms with Crippen LogP contribution in [0.2, 0.25) is 0 Å². The van der Waals surface area contributed by atoms with E-state index in [4.69, 9.17) is 14.0 Å². The third kappa shape index (κ3) is 3.82. The number of H-pyrrole nitrogens is 1. The monoisotopic (exact) mass is 369 g/mol. The standard InChI is InChI=1S/C18H19N5O4/c1-25-10-15-21-16(27-23-15)6-7-19-18-20-13-9-26-14-5-3-2-4-11(14)8-12(13)17(24)22-18/h2-5H,6-10H2,1H3,(H2,19,20,22,24). The van der Waals surface area contributed by atoms with Crippen molar-refractivity contribution in [1.29, 1.82) is 0 Å². The molecule has 1 aliphatic heterocycles. The molecule has 4 rings (SSSR count). The number of fused-ring (bicyclic) bond motifs is 2. The maximum atomic E-state index is 12.5. The van der Waals surface area contributed by atoms with Crippen LogP contribution in [0.1, 0.15) is 28.5 Å². The van der Waals surface area contributed by atoms with Gasteiger partial charge in [0.05, 0.1) is 5.69 Å². The third-order valence-corrected chi connectivity index (χ3v) is 4.22. The molecule has 27 heavy (non-hydrogen) atoms. The second-order valence-corrected chi connectivity index (χ2v) is 6.13. The first-order valence-corrected chi connectivity index (χ1v) is 8.60. The number of aromatic nitrogens is 4. The zero-order valence-electron chi connectivity index (χ0n) is 14.8. The van der Waals surface area contributed by atoms with Gasteiger partial charge in [-0.3, -0.25) is 9.78 Å². The van der Waals surface area contributed by atoms with Gasteiger partial charge in [-0.2, -0.15) is 4.98 Å². The largest absolute Gasteiger partial charge is 0.487 e. The fraction of sp³-hybridized carbons (Fsp3) is 0.333. The van der Waals surface area contributed by atoms with E-state index in [9.17, 15) is 4.79 Å². The van der Waals surface area contributed by atoms with Crippen molar-refractivity contribution < 1.29 is 14.0 Å². The summed E-state index contributed by atoms with van der Waals surface area (Å²) in [6, 6.07) is 7.70. The number of rotatable bonds is 6. The van der Waals surface area contributed by atoms with Crippen molar-refractivity contribution >= 4 is 5.95 Å². The van der Waals surface area contributed by atoms with Crippen LogP contribution in [-0.4, -0.2) is 33.8 Å². The Morgan fingerprint density at radius 1 is 1.30 bits per heavy atom. The van der Waals surface area contributed by atoms with E-state index in [0.29, 0.717) is 54.9 Å². The molecule has 0 fully saturated rings. The fourth-order valence-corrected chi connectivity index (χ4v) is 2.92. The van der Waals surface area contributed by atoms with Crippen molar-refractivity contribution in [2.24, 2.45) is 0 Å². The van der Waals surface area contributed by atoms with E-state index in [2.05, 4.69) is 25.4 Å². The van der Waals surface area contributed by atoms with Gasteiger partial charge in [0, 0.05) is 32.1 Å². The topological polar surface area (TPSA) is 115 Å². The van der Waals surface area contributed by atoms with Crippen LogP contribution in [0.5, 0.6) is 5.75 Å². The van der Waals surface area contributed by atoms with Gasteiger partial charge in [0.15, 0.2) is 5.82 Å². The minimum Gasteiger partial charge on any atom is -0.487 e. The van der Waals surface area contributed by atoms with Crippen molar-refractivity contribution in [1.82, 2.24) is 20.1 Å². The van der Waals surface area contributed by atoms with Crippen LogP contribution in [0.4, 0.5) is 5.95 Å². The Balaban J connectivity index is 1.44. The molecule has 0 bridgehead atoms. The van der Waals surface area contributed by atoms with E-state index in [1.54, 1.807) is 7.11 Å². The molecule has 0 radical (unpaired) electrons. The maximum absolute atomic E-state index is 12.5. The van der Waals surface area contributed by atoms with Crippen molar-refractivity contribution in [2.45, 2.75) is 26.1 Å². The first-order valence-electron chi connectivity index (χ1n) is 8.60. The molecule has 0 unspecified atom stereocenters. The number of aromatic amines is 1. The van der Waals surface area contributed by atoms with Crippen molar-refractivity contribution in [3.05, 3.63) is 63.2 Å². The molecular weight excluding hydrogens is 350 g/mol. The van der Waals surface area contributed by atoms with E-state index < -0.39 is 0 Å². The summed E-state index contributed by atoms with van der Waals surface area (Å²) in [5.41, 5.74) is 2.08. The normalized spacial score (nSPS) is 12.6. The Morgan fingerprint density at radius 2 is 2.19 bits per heavy atom. The molecular formula is C18H19N5O4. The summed E-state index contributed by atoms with van der Waals surface area (Å²) in [6.07, 6.45) is 0.998. The number of para-hydroxylation sites is 1. The summed E-state index contributed by atoms with van der Waals surface area (Å²) in [7, 11) is 1.57. The van der Waals surface area contributed by atoms with Crippen molar-refractivity contribution in [3.8, 4) is 5.75 Å². The van der Waals surface area contributed by atoms with Crippen LogP contribution in [0.3, 0.4) is 0 Å². The summed E-state index contributed by atoms with van der Waals surface area (Å²) in [5, 5.41) is 6.89. The summed E-state index contributed by atoms with van der Waals surface area (Å²) >= 11 is 0. The first-order chi connectivity index (χ1) is 13.2. The summed E-state index contributed by atoms with van der Waals surface area (Å²) in [4.78, 5) is 24.0. The van der Waals surface area contributed by atoms with Gasteiger partial charge in [-0.1, -0.05) is 23.4 Å². The molecule has 0 saturated carbocycles. The molecule has 0 atom stereocenters. The quantitative estimate of drug-likeness (QED) is 0.671. The van der Waals surface area contributed by atoms with Crippen molar-refractivity contribution in [3.63, 3.8) is 0 Å². The number of ether oxygens (including phenoxy) is 2. The molecule has 1 aliphatic rings. The second kappa shape index (κ2) is 7.58. The predicted octanol–water partition coefficient (Wildman–Crippen LogP) is 1.44. The number of hydrogen-bond donors (Lipinski definition) is 2. The molecule has 3 aromatic rings. The molecule has 9 nitrogen and oxygen atoms in total. The molecule has 0 amide bonds. The number of hydrogen-bond acceptors (Lipinski definition) is 8. The summed E-state index contributed by atoms with van der Waals surface area (Å²) in [5.74, 6) is 2.17. The molecule has 3 heterocycles. The number of anilines is 1. The van der Waals surface area contributed by atoms with Crippen LogP contribution < -0.4 is 15.6 Å². The van der Waals surface area contributed by atoms with Gasteiger partial charge in [0.2, 0.25) is 11.8 Å². The lowest BCUT2D eigenvalue weighted by Gasteiger charge is -2.08. The number of nitrogens with one attached hydrogen (secondary N) is 2. The van der Waals surface area contributed by atoms with E-state index in [1.807, 2.05) is 24.3 Å². The van der Waals surface area contributed by atoms with Crippen LogP contribution in [0.25, 0.3) is 0 Å². The maximum Gasteiger partial charge on any atom is 0.256 e. The SMILES string of the molecule is COCc1noc(CCNc2nc3c(c(=O)[nH]2)Cc2ccccc2OC3)n1. The first kappa shape index (κ1) is 17.2. The highest BCUT2D eigenvalue weighted by Gasteiger charge is 2.19. The minimum absolute atomic E-state index is 0.164. The molecule has 0 spiro atoms. The van der Waals surface area contributed by atoms with E-state index >= 15 is 0 Å². The van der Waals surface area contributed by atoms with Gasteiger partial charge in [0.25, 0.3) is 5.56 Å². The second-order valence-electron chi connectivity index (χ2n) is 6.13. The number of benzene rings is 1. The van der Waals surface area contributed by atoms with E-state index in [-0.39, 0.29) is 12.2 Å². The van der Waals surface area contributed by atoms with Gasteiger partial charge in [-0.05, 0) is 11.6 Å². The van der Waals surface area contributed by atoms with Gasteiger partial charge in [-0.15, -0.1) is 0 Å². The summed E-state index contributed by atoms with van der Waals surface area (Å²) < 4.78 is 15.9. The minimum atomic E-state index is -0.164. The van der Waals surface area contributed by atoms with Crippen molar-refractivity contribution in [2.75, 3.05) is 19.0 Å². The molecule has 0 aliphatic carbocycles. The lowest BCUT2D eigenvalue weighted by Crippen LogP contribution is -2.21. The van der Waals surface area contributed by atoms with Crippen LogP contribution >= 0.6 is 0 Å². The van der Waals surface area contributed by atoms with Gasteiger partial charge < -0.3 is 19.3 Å². The molecule has 2 N–H and O–H groups in total. The molecule has 140 valence electrons. The van der Waals surface area contributed by atoms with Crippen LogP contribution in [0.15, 0.2) is 33.6 Å². The zero-order chi connectivity index (χ0) is 18.6. The fourth-order valence-electron chi connectivity index (χ4n) is 2.92. The Hall–Kier alpha value is -3.20. The third-order valence-electron chi connectivity index (χ3n) is 4.22. The van der Waals surface area contributed by atoms with E-state index in [0.717, 1.165) is 11.3 Å². The molecule has 1 aromatic carbocycles. The highest BCUT2D eigenvalue weighted by atomic mass is 16.5. The number of methoxy groups -OCH3 is 1. The van der Waals surface area contributed by atoms with Crippen LogP contribution in [0, 0.1) is 0 Å². The predicted molar refractivity (Wildman–Crippen MR) is 95.6 cm³/mol. The lowest BCUT2D eigenvalue weighted by molar-refractivity contribution is 0.174. The van der Waals surface area contributed by atoms with Gasteiger partial charge in [0.1, 0.15) is 19.0 Å². The average molecular weight is 369 g/mol. The van der Waals surface area contributed by atoms with E-state index in [1.165, 1.54) is 0 Å². The van der Waals surface area contributed by atoms with Crippen LogP contribution in [-0.2, 0) is 30.8 Å². The Bertz CT molecular complexity index is 997. The highest BCUT2D eigenvalue weighted by Crippen LogP contribution is 2.25. The lowest BCUT2D eigenvalue weighted by atomic mass is 10.1. The number of nitrogens with zero attached hydrogens (tertiary/aromatic N) is 3. The average Bonchev–Trinajstić information content (AvgIpc) is 3.01. The Kier molecular flexibility index (Phi) is 4.84. The molecule has 2 aromatic heterocycles. The van der Waals surface area contributed by atoms with Gasteiger partial charge in [-0.25, -0.2) is 4.98 Å². The zero-order valence-corrected chi connectivity index (χ0v) is 14.8. The Morgan fingerprint density at radius 3 is 3.07 bits per heavy atom. The molecule has 9 heteroatoms. The highest BCUT2D eigenvalue weighted by molar-refractivity contribution is 5.41.